The first-order valence-corrected chi connectivity index (χ1v) is 16.6. The Morgan fingerprint density at radius 2 is 0.786 bits per heavy atom. The summed E-state index contributed by atoms with van der Waals surface area (Å²) < 4.78 is 0. The van der Waals surface area contributed by atoms with Crippen LogP contribution in [0.3, 0.4) is 0 Å². The summed E-state index contributed by atoms with van der Waals surface area (Å²) in [6.45, 7) is 2.28. The van der Waals surface area contributed by atoms with Crippen LogP contribution in [-0.4, -0.2) is 5.11 Å². The Kier molecular flexibility index (Phi) is 11.1. The lowest BCUT2D eigenvalue weighted by molar-refractivity contribution is 0.465. The smallest absolute Gasteiger partial charge is 0.118 e. The summed E-state index contributed by atoms with van der Waals surface area (Å²) in [7, 11) is 0. The summed E-state index contributed by atoms with van der Waals surface area (Å²) >= 11 is 0. The summed E-state index contributed by atoms with van der Waals surface area (Å²) in [5.41, 5.74) is 1.10. The monoisotopic (exact) mass is 556 g/mol. The van der Waals surface area contributed by atoms with Gasteiger partial charge in [0.25, 0.3) is 0 Å². The third-order valence-electron chi connectivity index (χ3n) is 8.93. The predicted octanol–water partition coefficient (Wildman–Crippen LogP) is 12.8. The number of hydrogen-bond acceptors (Lipinski definition) is 1. The maximum absolute atomic E-state index is 9.70. The van der Waals surface area contributed by atoms with Crippen LogP contribution in [0.15, 0.2) is 97.1 Å². The van der Waals surface area contributed by atoms with E-state index in [0.717, 1.165) is 12.0 Å². The Labute approximate surface area is 252 Å². The summed E-state index contributed by atoms with van der Waals surface area (Å²) in [6, 6.07) is 34.2. The molecule has 218 valence electrons. The summed E-state index contributed by atoms with van der Waals surface area (Å²) in [6.07, 6.45) is 19.1. The molecule has 0 spiro atoms. The lowest BCUT2D eigenvalue weighted by Crippen LogP contribution is -1.87. The Morgan fingerprint density at radius 1 is 0.405 bits per heavy atom. The molecule has 6 aromatic rings. The highest BCUT2D eigenvalue weighted by Gasteiger charge is 2.11. The van der Waals surface area contributed by atoms with Gasteiger partial charge in [-0.1, -0.05) is 175 Å². The molecule has 0 heterocycles. The molecule has 0 saturated carbocycles. The molecule has 42 heavy (non-hydrogen) atoms. The number of unbranched alkanes of at least 4 members (excludes halogenated alkanes) is 12. The zero-order valence-electron chi connectivity index (χ0n) is 25.6. The molecular formula is C41H48O. The van der Waals surface area contributed by atoms with E-state index in [1.807, 2.05) is 18.2 Å². The molecule has 1 N–H and O–H groups in total. The zero-order chi connectivity index (χ0) is 29.0. The van der Waals surface area contributed by atoms with Gasteiger partial charge in [0.15, 0.2) is 0 Å². The van der Waals surface area contributed by atoms with E-state index in [9.17, 15) is 5.11 Å². The van der Waals surface area contributed by atoms with Gasteiger partial charge in [-0.2, -0.15) is 0 Å². The fraction of sp³-hybridized carbons (Fsp3) is 0.366. The summed E-state index contributed by atoms with van der Waals surface area (Å²) in [5, 5.41) is 20.6. The summed E-state index contributed by atoms with van der Waals surface area (Å²) in [5.74, 6) is 0.460. The van der Waals surface area contributed by atoms with E-state index >= 15 is 0 Å². The van der Waals surface area contributed by atoms with Crippen molar-refractivity contribution in [2.45, 2.75) is 96.8 Å². The third kappa shape index (κ3) is 7.43. The highest BCUT2D eigenvalue weighted by Crippen LogP contribution is 2.39. The van der Waals surface area contributed by atoms with E-state index in [2.05, 4.69) is 79.7 Å². The molecule has 0 atom stereocenters. The minimum absolute atomic E-state index is 0.460. The Morgan fingerprint density at radius 3 is 1.19 bits per heavy atom. The topological polar surface area (TPSA) is 20.2 Å². The number of aromatic hydroxyl groups is 1. The van der Waals surface area contributed by atoms with E-state index in [-0.39, 0.29) is 0 Å². The first kappa shape index (κ1) is 29.9. The van der Waals surface area contributed by atoms with Crippen molar-refractivity contribution in [2.75, 3.05) is 0 Å². The lowest BCUT2D eigenvalue weighted by atomic mass is 9.90. The number of phenolic OH excluding ortho intramolecular Hbond substituents is 1. The van der Waals surface area contributed by atoms with Crippen LogP contribution in [0.4, 0.5) is 0 Å². The van der Waals surface area contributed by atoms with Gasteiger partial charge in [0.1, 0.15) is 5.75 Å². The number of benzene rings is 6. The Bertz CT molecular complexity index is 1490. The van der Waals surface area contributed by atoms with Crippen molar-refractivity contribution in [3.05, 3.63) is 103 Å². The average Bonchev–Trinajstić information content (AvgIpc) is 3.03. The molecule has 0 aliphatic carbocycles. The first-order valence-electron chi connectivity index (χ1n) is 16.6. The third-order valence-corrected chi connectivity index (χ3v) is 8.93. The van der Waals surface area contributed by atoms with E-state index in [1.165, 1.54) is 127 Å². The fourth-order valence-electron chi connectivity index (χ4n) is 6.64. The van der Waals surface area contributed by atoms with Crippen LogP contribution in [0.25, 0.3) is 43.1 Å². The average molecular weight is 557 g/mol. The second-order valence-electron chi connectivity index (χ2n) is 12.0. The minimum atomic E-state index is 0.460. The van der Waals surface area contributed by atoms with Gasteiger partial charge in [0.05, 0.1) is 0 Å². The van der Waals surface area contributed by atoms with E-state index in [1.54, 1.807) is 6.07 Å². The first-order chi connectivity index (χ1) is 20.8. The van der Waals surface area contributed by atoms with Crippen LogP contribution in [0.5, 0.6) is 5.75 Å². The van der Waals surface area contributed by atoms with Crippen molar-refractivity contribution in [3.8, 4) is 5.75 Å². The molecule has 0 bridgehead atoms. The molecule has 0 aliphatic rings. The van der Waals surface area contributed by atoms with Crippen LogP contribution in [-0.2, 0) is 6.42 Å². The molecule has 0 aliphatic heterocycles. The quantitative estimate of drug-likeness (QED) is 0.0803. The number of rotatable bonds is 14. The van der Waals surface area contributed by atoms with Crippen LogP contribution in [0.2, 0.25) is 0 Å². The van der Waals surface area contributed by atoms with Gasteiger partial charge in [-0.05, 0) is 67.6 Å². The Balaban J connectivity index is 0.000000168. The fourth-order valence-corrected chi connectivity index (χ4v) is 6.64. The van der Waals surface area contributed by atoms with Crippen molar-refractivity contribution < 1.29 is 5.11 Å². The Hall–Kier alpha value is -3.58. The van der Waals surface area contributed by atoms with Gasteiger partial charge in [0.2, 0.25) is 0 Å². The van der Waals surface area contributed by atoms with Crippen LogP contribution < -0.4 is 0 Å². The molecule has 0 aromatic heterocycles. The molecule has 6 rings (SSSR count). The molecule has 0 fully saturated rings. The summed E-state index contributed by atoms with van der Waals surface area (Å²) in [4.78, 5) is 0. The maximum Gasteiger partial charge on any atom is 0.118 e. The van der Waals surface area contributed by atoms with E-state index in [4.69, 9.17) is 0 Å². The van der Waals surface area contributed by atoms with Gasteiger partial charge < -0.3 is 5.11 Å². The van der Waals surface area contributed by atoms with Gasteiger partial charge in [0, 0.05) is 0 Å². The maximum atomic E-state index is 9.70. The SMILES string of the molecule is CCCCCCCCCCCCCCCc1ccccc1O.c1cc2cccc3c4cccc5cccc(c(c1)c23)c54. The highest BCUT2D eigenvalue weighted by molar-refractivity contribution is 6.32. The minimum Gasteiger partial charge on any atom is -0.508 e. The molecule has 0 unspecified atom stereocenters. The van der Waals surface area contributed by atoms with Crippen molar-refractivity contribution in [1.29, 1.82) is 0 Å². The van der Waals surface area contributed by atoms with Crippen molar-refractivity contribution in [1.82, 2.24) is 0 Å². The molecule has 0 saturated heterocycles. The standard InChI is InChI=1S/C21H36O.C20H12/c1-2-3-4-5-6-7-8-9-10-11-12-13-14-17-20-18-15-16-19-21(20)22;1-5-13-6-2-11-17-18-12-4-8-14-7-3-10-16(20(14)18)15(9-1)19(13)17/h15-16,18-19,22H,2-14,17H2,1H3;1-12H. The second kappa shape index (κ2) is 15.6. The second-order valence-corrected chi connectivity index (χ2v) is 12.0. The number of fused-ring (bicyclic) bond motifs is 2. The van der Waals surface area contributed by atoms with Gasteiger partial charge in [-0.25, -0.2) is 0 Å². The van der Waals surface area contributed by atoms with Gasteiger partial charge in [-0.15, -0.1) is 0 Å². The molecule has 0 amide bonds. The number of phenols is 1. The van der Waals surface area contributed by atoms with Crippen molar-refractivity contribution in [2.24, 2.45) is 0 Å². The normalized spacial score (nSPS) is 11.5. The molecule has 1 nitrogen and oxygen atoms in total. The van der Waals surface area contributed by atoms with Crippen LogP contribution >= 0.6 is 0 Å². The zero-order valence-corrected chi connectivity index (χ0v) is 25.6. The highest BCUT2D eigenvalue weighted by atomic mass is 16.3. The number of hydrogen-bond donors (Lipinski definition) is 1. The van der Waals surface area contributed by atoms with E-state index < -0.39 is 0 Å². The molecular weight excluding hydrogens is 508 g/mol. The predicted molar refractivity (Wildman–Crippen MR) is 185 cm³/mol. The largest absolute Gasteiger partial charge is 0.508 e. The van der Waals surface area contributed by atoms with Gasteiger partial charge in [-0.3, -0.25) is 0 Å². The molecule has 0 radical (unpaired) electrons. The number of para-hydroxylation sites is 1. The van der Waals surface area contributed by atoms with Crippen LogP contribution in [0, 0.1) is 0 Å². The van der Waals surface area contributed by atoms with Crippen molar-refractivity contribution in [3.63, 3.8) is 0 Å². The lowest BCUT2D eigenvalue weighted by Gasteiger charge is -2.13. The molecule has 1 heteroatoms. The van der Waals surface area contributed by atoms with Gasteiger partial charge >= 0.3 is 0 Å². The van der Waals surface area contributed by atoms with Crippen LogP contribution in [0.1, 0.15) is 96.0 Å². The van der Waals surface area contributed by atoms with E-state index in [0.29, 0.717) is 5.75 Å². The molecule has 6 aromatic carbocycles. The number of aryl methyl sites for hydroxylation is 1. The van der Waals surface area contributed by atoms with Crippen molar-refractivity contribution >= 4 is 43.1 Å².